The minimum absolute atomic E-state index is 0.160. The number of hydrogen-bond donors (Lipinski definition) is 1. The fraction of sp³-hybridized carbons (Fsp3) is 0.208. The molecule has 2 aromatic carbocycles. The highest BCUT2D eigenvalue weighted by molar-refractivity contribution is 6.42. The summed E-state index contributed by atoms with van der Waals surface area (Å²) in [6.45, 7) is 6.25. The first-order valence-corrected chi connectivity index (χ1v) is 11.0. The molecule has 7 nitrogen and oxygen atoms in total. The SMILES string of the molecule is Cc1ccccc1OCc1c(C(=O)Nc2cc(C)n(Cc3ccc(Cl)c(Cl)c3)n2)noc1C. The lowest BCUT2D eigenvalue weighted by molar-refractivity contribution is 0.101. The lowest BCUT2D eigenvalue weighted by Crippen LogP contribution is -2.16. The van der Waals surface area contributed by atoms with Gasteiger partial charge in [0.15, 0.2) is 11.5 Å². The fourth-order valence-corrected chi connectivity index (χ4v) is 3.65. The molecule has 0 saturated heterocycles. The molecule has 170 valence electrons. The van der Waals surface area contributed by atoms with E-state index >= 15 is 0 Å². The first kappa shape index (κ1) is 22.9. The van der Waals surface area contributed by atoms with E-state index in [0.29, 0.717) is 33.7 Å². The van der Waals surface area contributed by atoms with E-state index in [1.165, 1.54) is 0 Å². The van der Waals surface area contributed by atoms with E-state index in [-0.39, 0.29) is 12.3 Å². The molecular formula is C24H22Cl2N4O3. The Morgan fingerprint density at radius 1 is 1.09 bits per heavy atom. The Labute approximate surface area is 201 Å². The van der Waals surface area contributed by atoms with Crippen molar-refractivity contribution in [3.63, 3.8) is 0 Å². The quantitative estimate of drug-likeness (QED) is 0.348. The van der Waals surface area contributed by atoms with Gasteiger partial charge in [-0.2, -0.15) is 5.10 Å². The second-order valence-corrected chi connectivity index (χ2v) is 8.47. The van der Waals surface area contributed by atoms with Crippen LogP contribution in [0.1, 0.15) is 38.6 Å². The lowest BCUT2D eigenvalue weighted by Gasteiger charge is -2.09. The molecule has 0 aliphatic carbocycles. The van der Waals surface area contributed by atoms with Crippen LogP contribution < -0.4 is 10.1 Å². The second-order valence-electron chi connectivity index (χ2n) is 7.65. The van der Waals surface area contributed by atoms with Gasteiger partial charge in [-0.15, -0.1) is 0 Å². The molecule has 0 atom stereocenters. The van der Waals surface area contributed by atoms with Crippen LogP contribution in [0.2, 0.25) is 10.0 Å². The summed E-state index contributed by atoms with van der Waals surface area (Å²) in [4.78, 5) is 12.9. The highest BCUT2D eigenvalue weighted by atomic mass is 35.5. The standard InChI is InChI=1S/C24H22Cl2N4O3/c1-14-6-4-5-7-21(14)32-13-18-16(3)33-29-23(18)24(31)27-22-10-15(2)30(28-22)12-17-8-9-19(25)20(26)11-17/h4-11H,12-13H2,1-3H3,(H,27,28,31). The molecule has 4 rings (SSSR count). The highest BCUT2D eigenvalue weighted by Gasteiger charge is 2.22. The topological polar surface area (TPSA) is 82.2 Å². The van der Waals surface area contributed by atoms with Crippen LogP contribution in [0.5, 0.6) is 5.75 Å². The summed E-state index contributed by atoms with van der Waals surface area (Å²) in [5.41, 5.74) is 3.56. The summed E-state index contributed by atoms with van der Waals surface area (Å²) in [5.74, 6) is 1.24. The van der Waals surface area contributed by atoms with Gasteiger partial charge in [-0.3, -0.25) is 9.48 Å². The number of amides is 1. The maximum Gasteiger partial charge on any atom is 0.279 e. The van der Waals surface area contributed by atoms with E-state index in [0.717, 1.165) is 22.6 Å². The molecule has 2 heterocycles. The van der Waals surface area contributed by atoms with Gasteiger partial charge < -0.3 is 14.6 Å². The largest absolute Gasteiger partial charge is 0.488 e. The third-order valence-electron chi connectivity index (χ3n) is 5.20. The van der Waals surface area contributed by atoms with Crippen molar-refractivity contribution < 1.29 is 14.1 Å². The number of ether oxygens (including phenoxy) is 1. The Bertz CT molecular complexity index is 1310. The zero-order valence-electron chi connectivity index (χ0n) is 18.4. The second kappa shape index (κ2) is 9.68. The van der Waals surface area contributed by atoms with Crippen LogP contribution in [0, 0.1) is 20.8 Å². The lowest BCUT2D eigenvalue weighted by atomic mass is 10.2. The van der Waals surface area contributed by atoms with Crippen LogP contribution in [-0.2, 0) is 13.2 Å². The van der Waals surface area contributed by atoms with Crippen molar-refractivity contribution in [3.8, 4) is 5.75 Å². The average Bonchev–Trinajstić information content (AvgIpc) is 3.32. The van der Waals surface area contributed by atoms with Crippen LogP contribution in [0.25, 0.3) is 0 Å². The minimum atomic E-state index is -0.422. The number of nitrogens with one attached hydrogen (secondary N) is 1. The molecule has 9 heteroatoms. The molecule has 0 fully saturated rings. The number of hydrogen-bond acceptors (Lipinski definition) is 5. The number of benzene rings is 2. The molecule has 0 bridgehead atoms. The normalized spacial score (nSPS) is 10.9. The summed E-state index contributed by atoms with van der Waals surface area (Å²) >= 11 is 12.1. The van der Waals surface area contributed by atoms with E-state index in [4.69, 9.17) is 32.5 Å². The van der Waals surface area contributed by atoms with Crippen LogP contribution >= 0.6 is 23.2 Å². The first-order chi connectivity index (χ1) is 15.8. The maximum atomic E-state index is 12.9. The highest BCUT2D eigenvalue weighted by Crippen LogP contribution is 2.24. The number of carbonyl (C=O) groups excluding carboxylic acids is 1. The Morgan fingerprint density at radius 2 is 1.88 bits per heavy atom. The van der Waals surface area contributed by atoms with Crippen molar-refractivity contribution in [2.45, 2.75) is 33.9 Å². The predicted molar refractivity (Wildman–Crippen MR) is 127 cm³/mol. The fourth-order valence-electron chi connectivity index (χ4n) is 3.33. The number of aromatic nitrogens is 3. The van der Waals surface area contributed by atoms with Gasteiger partial charge in [-0.05, 0) is 50.1 Å². The molecule has 0 unspecified atom stereocenters. The number of para-hydroxylation sites is 1. The summed E-state index contributed by atoms with van der Waals surface area (Å²) in [6, 6.07) is 14.9. The van der Waals surface area contributed by atoms with Gasteiger partial charge in [-0.25, -0.2) is 0 Å². The van der Waals surface area contributed by atoms with Crippen LogP contribution in [-0.4, -0.2) is 20.8 Å². The van der Waals surface area contributed by atoms with Gasteiger partial charge in [0.25, 0.3) is 5.91 Å². The monoisotopic (exact) mass is 484 g/mol. The van der Waals surface area contributed by atoms with Gasteiger partial charge in [0.2, 0.25) is 0 Å². The van der Waals surface area contributed by atoms with E-state index in [1.807, 2.05) is 44.2 Å². The van der Waals surface area contributed by atoms with Gasteiger partial charge in [0, 0.05) is 11.8 Å². The zero-order chi connectivity index (χ0) is 23.5. The summed E-state index contributed by atoms with van der Waals surface area (Å²) in [7, 11) is 0. The number of anilines is 1. The molecule has 1 N–H and O–H groups in total. The molecule has 0 spiro atoms. The van der Waals surface area contributed by atoms with Crippen molar-refractivity contribution in [1.29, 1.82) is 0 Å². The minimum Gasteiger partial charge on any atom is -0.488 e. The van der Waals surface area contributed by atoms with Crippen LogP contribution in [0.4, 0.5) is 5.82 Å². The van der Waals surface area contributed by atoms with Gasteiger partial charge in [0.1, 0.15) is 18.1 Å². The molecule has 0 aliphatic heterocycles. The molecule has 0 radical (unpaired) electrons. The van der Waals surface area contributed by atoms with Crippen molar-refractivity contribution in [2.24, 2.45) is 0 Å². The van der Waals surface area contributed by atoms with Crippen molar-refractivity contribution in [1.82, 2.24) is 14.9 Å². The van der Waals surface area contributed by atoms with E-state index < -0.39 is 5.91 Å². The first-order valence-electron chi connectivity index (χ1n) is 10.2. The zero-order valence-corrected chi connectivity index (χ0v) is 19.9. The summed E-state index contributed by atoms with van der Waals surface area (Å²) < 4.78 is 12.9. The van der Waals surface area contributed by atoms with Crippen LogP contribution in [0.3, 0.4) is 0 Å². The number of rotatable bonds is 7. The number of halogens is 2. The predicted octanol–water partition coefficient (Wildman–Crippen LogP) is 5.98. The summed E-state index contributed by atoms with van der Waals surface area (Å²) in [6.07, 6.45) is 0. The molecule has 0 saturated carbocycles. The third-order valence-corrected chi connectivity index (χ3v) is 5.94. The number of aryl methyl sites for hydroxylation is 3. The molecule has 4 aromatic rings. The summed E-state index contributed by atoms with van der Waals surface area (Å²) in [5, 5.41) is 12.2. The maximum absolute atomic E-state index is 12.9. The van der Waals surface area contributed by atoms with Crippen molar-refractivity contribution >= 4 is 34.9 Å². The Morgan fingerprint density at radius 3 is 2.64 bits per heavy atom. The smallest absolute Gasteiger partial charge is 0.279 e. The molecule has 2 aromatic heterocycles. The van der Waals surface area contributed by atoms with E-state index in [2.05, 4.69) is 15.6 Å². The van der Waals surface area contributed by atoms with Crippen molar-refractivity contribution in [2.75, 3.05) is 5.32 Å². The van der Waals surface area contributed by atoms with Crippen molar-refractivity contribution in [3.05, 3.63) is 92.4 Å². The molecular weight excluding hydrogens is 463 g/mol. The molecule has 33 heavy (non-hydrogen) atoms. The molecule has 1 amide bonds. The number of nitrogens with zero attached hydrogens (tertiary/aromatic N) is 3. The average molecular weight is 485 g/mol. The Hall–Kier alpha value is -3.29. The Kier molecular flexibility index (Phi) is 6.72. The van der Waals surface area contributed by atoms with Gasteiger partial charge in [0.05, 0.1) is 22.2 Å². The molecule has 0 aliphatic rings. The number of carbonyl (C=O) groups is 1. The van der Waals surface area contributed by atoms with E-state index in [1.54, 1.807) is 29.8 Å². The van der Waals surface area contributed by atoms with E-state index in [9.17, 15) is 4.79 Å². The third kappa shape index (κ3) is 5.21. The van der Waals surface area contributed by atoms with Crippen LogP contribution in [0.15, 0.2) is 53.1 Å². The van der Waals surface area contributed by atoms with Gasteiger partial charge >= 0.3 is 0 Å². The van der Waals surface area contributed by atoms with Gasteiger partial charge in [-0.1, -0.05) is 52.6 Å². The Balaban J connectivity index is 1.47.